The summed E-state index contributed by atoms with van der Waals surface area (Å²) >= 11 is 18.8. The number of anilines is 1. The van der Waals surface area contributed by atoms with Gasteiger partial charge in [-0.05, 0) is 68.3 Å². The third kappa shape index (κ3) is 7.91. The SMILES string of the molecule is Cc1ccc(N(CC(=O)N(Cc2c(Cl)cccc2Cl)[C@H](C)C(=O)NCC(C)C)S(=O)(=O)c2ccc(Cl)cc2)cc1. The number of amides is 2. The number of aryl methyl sites for hydroxylation is 1. The molecule has 0 heterocycles. The number of hydrogen-bond donors (Lipinski definition) is 1. The first-order valence-corrected chi connectivity index (χ1v) is 15.2. The molecule has 40 heavy (non-hydrogen) atoms. The van der Waals surface area contributed by atoms with E-state index in [1.165, 1.54) is 29.2 Å². The Morgan fingerprint density at radius 2 is 1.45 bits per heavy atom. The van der Waals surface area contributed by atoms with E-state index in [0.29, 0.717) is 32.9 Å². The number of hydrogen-bond acceptors (Lipinski definition) is 4. The summed E-state index contributed by atoms with van der Waals surface area (Å²) in [6.07, 6.45) is 0. The minimum atomic E-state index is -4.19. The van der Waals surface area contributed by atoms with Crippen molar-refractivity contribution < 1.29 is 18.0 Å². The van der Waals surface area contributed by atoms with Crippen molar-refractivity contribution in [2.24, 2.45) is 5.92 Å². The minimum Gasteiger partial charge on any atom is -0.354 e. The van der Waals surface area contributed by atoms with Crippen LogP contribution in [0.15, 0.2) is 71.6 Å². The van der Waals surface area contributed by atoms with Gasteiger partial charge in [0.1, 0.15) is 12.6 Å². The summed E-state index contributed by atoms with van der Waals surface area (Å²) in [5.41, 5.74) is 1.66. The maximum Gasteiger partial charge on any atom is 0.264 e. The molecule has 3 aromatic carbocycles. The van der Waals surface area contributed by atoms with Crippen LogP contribution in [0.5, 0.6) is 0 Å². The van der Waals surface area contributed by atoms with Crippen molar-refractivity contribution in [3.63, 3.8) is 0 Å². The van der Waals surface area contributed by atoms with Gasteiger partial charge in [0.2, 0.25) is 11.8 Å². The molecular weight excluding hydrogens is 593 g/mol. The molecule has 2 amide bonds. The van der Waals surface area contributed by atoms with Crippen LogP contribution in [-0.2, 0) is 26.2 Å². The Balaban J connectivity index is 2.04. The quantitative estimate of drug-likeness (QED) is 0.270. The molecule has 0 bridgehead atoms. The van der Waals surface area contributed by atoms with Crippen molar-refractivity contribution in [1.82, 2.24) is 10.2 Å². The van der Waals surface area contributed by atoms with Gasteiger partial charge in [0.15, 0.2) is 0 Å². The Morgan fingerprint density at radius 3 is 2.00 bits per heavy atom. The lowest BCUT2D eigenvalue weighted by Gasteiger charge is -2.32. The molecule has 0 fully saturated rings. The van der Waals surface area contributed by atoms with Gasteiger partial charge < -0.3 is 10.2 Å². The fourth-order valence-corrected chi connectivity index (χ4v) is 5.92. The Hall–Kier alpha value is -2.78. The van der Waals surface area contributed by atoms with Crippen LogP contribution in [0.2, 0.25) is 15.1 Å². The zero-order valence-corrected chi connectivity index (χ0v) is 25.8. The smallest absolute Gasteiger partial charge is 0.264 e. The molecule has 0 saturated heterocycles. The first-order chi connectivity index (χ1) is 18.8. The largest absolute Gasteiger partial charge is 0.354 e. The van der Waals surface area contributed by atoms with Gasteiger partial charge in [0.25, 0.3) is 10.0 Å². The standard InChI is InChI=1S/C29H32Cl3N3O4S/c1-19(2)16-33-29(37)21(4)34(17-25-26(31)6-5-7-27(25)32)28(36)18-35(23-12-8-20(3)9-13-23)40(38,39)24-14-10-22(30)11-15-24/h5-15,19,21H,16-18H2,1-4H3,(H,33,37)/t21-/m1/s1. The monoisotopic (exact) mass is 623 g/mol. The van der Waals surface area contributed by atoms with Crippen LogP contribution >= 0.6 is 34.8 Å². The number of carbonyl (C=O) groups excluding carboxylic acids is 2. The van der Waals surface area contributed by atoms with Crippen molar-refractivity contribution in [3.05, 3.63) is 92.9 Å². The van der Waals surface area contributed by atoms with E-state index in [0.717, 1.165) is 9.87 Å². The Bertz CT molecular complexity index is 1430. The Morgan fingerprint density at radius 1 is 0.875 bits per heavy atom. The van der Waals surface area contributed by atoms with Crippen molar-refractivity contribution in [2.75, 3.05) is 17.4 Å². The normalized spacial score (nSPS) is 12.2. The van der Waals surface area contributed by atoms with Crippen LogP contribution < -0.4 is 9.62 Å². The van der Waals surface area contributed by atoms with E-state index >= 15 is 0 Å². The molecule has 11 heteroatoms. The van der Waals surface area contributed by atoms with Gasteiger partial charge in [-0.2, -0.15) is 0 Å². The summed E-state index contributed by atoms with van der Waals surface area (Å²) in [4.78, 5) is 28.3. The number of sulfonamides is 1. The lowest BCUT2D eigenvalue weighted by Crippen LogP contribution is -2.51. The third-order valence-corrected chi connectivity index (χ3v) is 8.99. The Kier molecular flexibility index (Phi) is 10.9. The van der Waals surface area contributed by atoms with E-state index in [9.17, 15) is 18.0 Å². The van der Waals surface area contributed by atoms with Crippen LogP contribution in [0.1, 0.15) is 31.9 Å². The molecule has 1 N–H and O–H groups in total. The molecule has 0 radical (unpaired) electrons. The van der Waals surface area contributed by atoms with Crippen LogP contribution in [0.25, 0.3) is 0 Å². The second kappa shape index (κ2) is 13.7. The fourth-order valence-electron chi connectivity index (χ4n) is 3.86. The summed E-state index contributed by atoms with van der Waals surface area (Å²) in [5, 5.41) is 3.86. The summed E-state index contributed by atoms with van der Waals surface area (Å²) in [5.74, 6) is -0.797. The maximum atomic E-state index is 14.0. The predicted octanol–water partition coefficient (Wildman–Crippen LogP) is 6.34. The summed E-state index contributed by atoms with van der Waals surface area (Å²) in [6.45, 7) is 7.12. The van der Waals surface area contributed by atoms with Gasteiger partial charge in [-0.25, -0.2) is 8.42 Å². The van der Waals surface area contributed by atoms with Crippen LogP contribution in [0.4, 0.5) is 5.69 Å². The zero-order chi connectivity index (χ0) is 29.6. The lowest BCUT2D eigenvalue weighted by atomic mass is 10.1. The second-order valence-corrected chi connectivity index (χ2v) is 13.0. The minimum absolute atomic E-state index is 0.0336. The van der Waals surface area contributed by atoms with Gasteiger partial charge in [-0.15, -0.1) is 0 Å². The molecule has 0 unspecified atom stereocenters. The molecule has 214 valence electrons. The molecule has 0 aliphatic carbocycles. The first kappa shape index (κ1) is 31.7. The number of nitrogens with one attached hydrogen (secondary N) is 1. The topological polar surface area (TPSA) is 86.8 Å². The molecule has 0 spiro atoms. The molecule has 0 aliphatic rings. The van der Waals surface area contributed by atoms with E-state index in [2.05, 4.69) is 5.32 Å². The molecule has 3 rings (SSSR count). The van der Waals surface area contributed by atoms with E-state index in [4.69, 9.17) is 34.8 Å². The second-order valence-electron chi connectivity index (χ2n) is 9.84. The van der Waals surface area contributed by atoms with Crippen molar-refractivity contribution in [3.8, 4) is 0 Å². The van der Waals surface area contributed by atoms with Crippen LogP contribution in [-0.4, -0.2) is 44.3 Å². The van der Waals surface area contributed by atoms with Crippen LogP contribution in [0, 0.1) is 12.8 Å². The van der Waals surface area contributed by atoms with Crippen molar-refractivity contribution in [2.45, 2.75) is 45.2 Å². The molecule has 3 aromatic rings. The number of benzene rings is 3. The summed E-state index contributed by atoms with van der Waals surface area (Å²) < 4.78 is 28.7. The zero-order valence-electron chi connectivity index (χ0n) is 22.7. The number of halogens is 3. The Labute approximate surface area is 251 Å². The fraction of sp³-hybridized carbons (Fsp3) is 0.310. The lowest BCUT2D eigenvalue weighted by molar-refractivity contribution is -0.139. The molecule has 0 saturated carbocycles. The van der Waals surface area contributed by atoms with Gasteiger partial charge in [-0.3, -0.25) is 13.9 Å². The molecule has 0 aliphatic heterocycles. The van der Waals surface area contributed by atoms with Gasteiger partial charge in [0.05, 0.1) is 10.6 Å². The van der Waals surface area contributed by atoms with Crippen molar-refractivity contribution >= 4 is 62.3 Å². The maximum absolute atomic E-state index is 14.0. The third-order valence-electron chi connectivity index (χ3n) is 6.24. The van der Waals surface area contributed by atoms with Gasteiger partial charge in [-0.1, -0.05) is 72.4 Å². The number of carbonyl (C=O) groups is 2. The molecular formula is C29H32Cl3N3O4S. The number of rotatable bonds is 11. The highest BCUT2D eigenvalue weighted by molar-refractivity contribution is 7.92. The summed E-state index contributed by atoms with van der Waals surface area (Å²) in [7, 11) is -4.19. The van der Waals surface area contributed by atoms with E-state index < -0.39 is 28.5 Å². The highest BCUT2D eigenvalue weighted by atomic mass is 35.5. The highest BCUT2D eigenvalue weighted by Crippen LogP contribution is 2.29. The molecule has 1 atom stereocenters. The van der Waals surface area contributed by atoms with E-state index in [-0.39, 0.29) is 23.3 Å². The van der Waals surface area contributed by atoms with Gasteiger partial charge in [0, 0.05) is 33.7 Å². The van der Waals surface area contributed by atoms with Crippen molar-refractivity contribution in [1.29, 1.82) is 0 Å². The first-order valence-electron chi connectivity index (χ1n) is 12.7. The van der Waals surface area contributed by atoms with E-state index in [1.807, 2.05) is 20.8 Å². The average Bonchev–Trinajstić information content (AvgIpc) is 2.90. The van der Waals surface area contributed by atoms with Gasteiger partial charge >= 0.3 is 0 Å². The average molecular weight is 625 g/mol. The molecule has 0 aromatic heterocycles. The summed E-state index contributed by atoms with van der Waals surface area (Å²) in [6, 6.07) is 16.5. The molecule has 7 nitrogen and oxygen atoms in total. The van der Waals surface area contributed by atoms with E-state index in [1.54, 1.807) is 49.4 Å². The number of nitrogens with zero attached hydrogens (tertiary/aromatic N) is 2. The van der Waals surface area contributed by atoms with Crippen LogP contribution in [0.3, 0.4) is 0 Å². The predicted molar refractivity (Wildman–Crippen MR) is 161 cm³/mol. The highest BCUT2D eigenvalue weighted by Gasteiger charge is 2.33.